The topological polar surface area (TPSA) is 67.6 Å². The molecular weight excluding hydrogens is 258 g/mol. The van der Waals surface area contributed by atoms with Crippen LogP contribution in [0.5, 0.6) is 0 Å². The molecule has 1 amide bonds. The minimum absolute atomic E-state index is 0.00335. The third-order valence-corrected chi connectivity index (χ3v) is 3.42. The lowest BCUT2D eigenvalue weighted by atomic mass is 10.0. The van der Waals surface area contributed by atoms with Gasteiger partial charge in [-0.05, 0) is 20.8 Å². The van der Waals surface area contributed by atoms with Gasteiger partial charge in [0, 0.05) is 38.3 Å². The number of nitrogens with zero attached hydrogens (tertiary/aromatic N) is 3. The normalized spacial score (nSPS) is 23.1. The van der Waals surface area contributed by atoms with Gasteiger partial charge in [0.2, 0.25) is 0 Å². The van der Waals surface area contributed by atoms with Crippen LogP contribution in [0, 0.1) is 5.92 Å². The van der Waals surface area contributed by atoms with Crippen LogP contribution in [-0.4, -0.2) is 50.4 Å². The number of aryl methyl sites for hydroxylation is 1. The quantitative estimate of drug-likeness (QED) is 0.884. The SMILES string of the molecule is Cn1ccnc1C[C@@H]1CN(C(=O)OC(C)(C)C)C[C@H]1O. The number of carbonyl (C=O) groups excluding carboxylic acids is 1. The Morgan fingerprint density at radius 1 is 1.50 bits per heavy atom. The van der Waals surface area contributed by atoms with Gasteiger partial charge in [-0.25, -0.2) is 9.78 Å². The monoisotopic (exact) mass is 281 g/mol. The van der Waals surface area contributed by atoms with Crippen molar-refractivity contribution in [1.29, 1.82) is 0 Å². The number of aromatic nitrogens is 2. The molecule has 1 fully saturated rings. The highest BCUT2D eigenvalue weighted by Crippen LogP contribution is 2.22. The van der Waals surface area contributed by atoms with E-state index >= 15 is 0 Å². The lowest BCUT2D eigenvalue weighted by Crippen LogP contribution is -2.35. The summed E-state index contributed by atoms with van der Waals surface area (Å²) in [6, 6.07) is 0. The minimum atomic E-state index is -0.529. The van der Waals surface area contributed by atoms with Crippen LogP contribution in [0.3, 0.4) is 0 Å². The van der Waals surface area contributed by atoms with Crippen LogP contribution in [0.15, 0.2) is 12.4 Å². The molecule has 0 spiro atoms. The molecule has 1 N–H and O–H groups in total. The highest BCUT2D eigenvalue weighted by atomic mass is 16.6. The van der Waals surface area contributed by atoms with Crippen LogP contribution in [0.25, 0.3) is 0 Å². The molecule has 2 heterocycles. The summed E-state index contributed by atoms with van der Waals surface area (Å²) in [6.07, 6.45) is 3.38. The molecule has 0 aliphatic carbocycles. The van der Waals surface area contributed by atoms with Crippen LogP contribution in [-0.2, 0) is 18.2 Å². The van der Waals surface area contributed by atoms with Crippen molar-refractivity contribution in [2.75, 3.05) is 13.1 Å². The third kappa shape index (κ3) is 3.50. The molecule has 1 saturated heterocycles. The number of hydrogen-bond donors (Lipinski definition) is 1. The Hall–Kier alpha value is -1.56. The molecule has 2 atom stereocenters. The van der Waals surface area contributed by atoms with Crippen LogP contribution in [0.1, 0.15) is 26.6 Å². The highest BCUT2D eigenvalue weighted by Gasteiger charge is 2.36. The maximum Gasteiger partial charge on any atom is 0.410 e. The summed E-state index contributed by atoms with van der Waals surface area (Å²) in [5.41, 5.74) is -0.514. The van der Waals surface area contributed by atoms with Crippen molar-refractivity contribution in [2.45, 2.75) is 38.9 Å². The van der Waals surface area contributed by atoms with Crippen LogP contribution >= 0.6 is 0 Å². The van der Waals surface area contributed by atoms with Crippen LogP contribution in [0.4, 0.5) is 4.79 Å². The molecular formula is C14H23N3O3. The fraction of sp³-hybridized carbons (Fsp3) is 0.714. The van der Waals surface area contributed by atoms with E-state index in [0.29, 0.717) is 19.5 Å². The third-order valence-electron chi connectivity index (χ3n) is 3.42. The molecule has 112 valence electrons. The van der Waals surface area contributed by atoms with Gasteiger partial charge in [0.1, 0.15) is 11.4 Å². The van der Waals surface area contributed by atoms with E-state index in [0.717, 1.165) is 5.82 Å². The predicted molar refractivity (Wildman–Crippen MR) is 74.2 cm³/mol. The molecule has 0 radical (unpaired) electrons. The maximum atomic E-state index is 12.0. The van der Waals surface area contributed by atoms with Gasteiger partial charge in [-0.3, -0.25) is 0 Å². The first-order valence-corrected chi connectivity index (χ1v) is 6.88. The Morgan fingerprint density at radius 3 is 2.75 bits per heavy atom. The van der Waals surface area contributed by atoms with Crippen molar-refractivity contribution in [3.63, 3.8) is 0 Å². The second-order valence-corrected chi connectivity index (χ2v) is 6.37. The number of aliphatic hydroxyl groups excluding tert-OH is 1. The second kappa shape index (κ2) is 5.44. The molecule has 6 nitrogen and oxygen atoms in total. The average Bonchev–Trinajstić information content (AvgIpc) is 2.86. The van der Waals surface area contributed by atoms with Gasteiger partial charge in [-0.1, -0.05) is 0 Å². The van der Waals surface area contributed by atoms with E-state index in [4.69, 9.17) is 4.74 Å². The van der Waals surface area contributed by atoms with Crippen molar-refractivity contribution < 1.29 is 14.6 Å². The number of carbonyl (C=O) groups is 1. The summed E-state index contributed by atoms with van der Waals surface area (Å²) in [5.74, 6) is 0.920. The number of rotatable bonds is 2. The molecule has 0 saturated carbocycles. The Morgan fingerprint density at radius 2 is 2.20 bits per heavy atom. The molecule has 20 heavy (non-hydrogen) atoms. The van der Waals surface area contributed by atoms with Gasteiger partial charge in [0.25, 0.3) is 0 Å². The summed E-state index contributed by atoms with van der Waals surface area (Å²) in [6.45, 7) is 6.33. The number of likely N-dealkylation sites (tertiary alicyclic amines) is 1. The predicted octanol–water partition coefficient (Wildman–Crippen LogP) is 1.19. The first kappa shape index (κ1) is 14.8. The van der Waals surface area contributed by atoms with Gasteiger partial charge in [0.05, 0.1) is 12.6 Å². The van der Waals surface area contributed by atoms with E-state index < -0.39 is 11.7 Å². The zero-order valence-corrected chi connectivity index (χ0v) is 12.5. The van der Waals surface area contributed by atoms with Gasteiger partial charge in [-0.15, -0.1) is 0 Å². The molecule has 6 heteroatoms. The Balaban J connectivity index is 1.95. The Kier molecular flexibility index (Phi) is 4.04. The molecule has 1 aromatic heterocycles. The lowest BCUT2D eigenvalue weighted by molar-refractivity contribution is 0.0269. The summed E-state index contributed by atoms with van der Waals surface area (Å²) >= 11 is 0. The molecule has 1 aliphatic heterocycles. The van der Waals surface area contributed by atoms with Crippen molar-refractivity contribution in [1.82, 2.24) is 14.5 Å². The zero-order valence-electron chi connectivity index (χ0n) is 12.5. The van der Waals surface area contributed by atoms with E-state index in [2.05, 4.69) is 4.98 Å². The van der Waals surface area contributed by atoms with Crippen molar-refractivity contribution in [3.05, 3.63) is 18.2 Å². The first-order chi connectivity index (χ1) is 9.26. The molecule has 1 aromatic rings. The molecule has 0 bridgehead atoms. The van der Waals surface area contributed by atoms with Gasteiger partial charge in [-0.2, -0.15) is 0 Å². The molecule has 2 rings (SSSR count). The highest BCUT2D eigenvalue weighted by molar-refractivity contribution is 5.68. The van der Waals surface area contributed by atoms with E-state index in [9.17, 15) is 9.90 Å². The summed E-state index contributed by atoms with van der Waals surface area (Å²) in [7, 11) is 1.93. The van der Waals surface area contributed by atoms with Gasteiger partial charge < -0.3 is 19.3 Å². The fourth-order valence-electron chi connectivity index (χ4n) is 2.36. The van der Waals surface area contributed by atoms with Gasteiger partial charge >= 0.3 is 6.09 Å². The van der Waals surface area contributed by atoms with Crippen molar-refractivity contribution in [3.8, 4) is 0 Å². The number of aliphatic hydroxyl groups is 1. The number of hydrogen-bond acceptors (Lipinski definition) is 4. The standard InChI is InChI=1S/C14H23N3O3/c1-14(2,3)20-13(19)17-8-10(11(18)9-17)7-12-15-5-6-16(12)4/h5-6,10-11,18H,7-9H2,1-4H3/t10-,11-/m1/s1. The Bertz CT molecular complexity index is 478. The average molecular weight is 281 g/mol. The lowest BCUT2D eigenvalue weighted by Gasteiger charge is -2.24. The first-order valence-electron chi connectivity index (χ1n) is 6.88. The second-order valence-electron chi connectivity index (χ2n) is 6.37. The fourth-order valence-corrected chi connectivity index (χ4v) is 2.36. The Labute approximate surface area is 119 Å². The van der Waals surface area contributed by atoms with Gasteiger partial charge in [0.15, 0.2) is 0 Å². The van der Waals surface area contributed by atoms with Crippen molar-refractivity contribution in [2.24, 2.45) is 13.0 Å². The summed E-state index contributed by atoms with van der Waals surface area (Å²) in [4.78, 5) is 17.8. The smallest absolute Gasteiger partial charge is 0.410 e. The van der Waals surface area contributed by atoms with Crippen molar-refractivity contribution >= 4 is 6.09 Å². The van der Waals surface area contributed by atoms with E-state index in [1.165, 1.54) is 0 Å². The molecule has 1 aliphatic rings. The summed E-state index contributed by atoms with van der Waals surface area (Å²) in [5, 5.41) is 10.1. The zero-order chi connectivity index (χ0) is 14.9. The van der Waals surface area contributed by atoms with Crippen LogP contribution < -0.4 is 0 Å². The largest absolute Gasteiger partial charge is 0.444 e. The maximum absolute atomic E-state index is 12.0. The number of amides is 1. The number of β-amino-alcohol motifs (C(OH)–C–C–N with tert-alkyl or cyclic N) is 1. The van der Waals surface area contributed by atoms with Crippen LogP contribution in [0.2, 0.25) is 0 Å². The summed E-state index contributed by atoms with van der Waals surface area (Å²) < 4.78 is 7.27. The number of ether oxygens (including phenoxy) is 1. The van der Waals surface area contributed by atoms with E-state index in [1.807, 2.05) is 38.6 Å². The molecule has 0 aromatic carbocycles. The minimum Gasteiger partial charge on any atom is -0.444 e. The van der Waals surface area contributed by atoms with E-state index in [1.54, 1.807) is 11.1 Å². The number of imidazole rings is 1. The molecule has 0 unspecified atom stereocenters. The van der Waals surface area contributed by atoms with E-state index in [-0.39, 0.29) is 12.0 Å².